The average molecular weight is 114 g/mol. The Hall–Kier alpha value is -0.700. The molecule has 0 bridgehead atoms. The number of nitrogens with zero attached hydrogens (tertiary/aromatic N) is 2. The van der Waals surface area contributed by atoms with E-state index >= 15 is 0 Å². The number of hydrogen-bond donors (Lipinski definition) is 1. The molecular weight excluding hydrogens is 104 g/mol. The van der Waals surface area contributed by atoms with Crippen LogP contribution in [0.5, 0.6) is 0 Å². The lowest BCUT2D eigenvalue weighted by molar-refractivity contribution is 0.202. The summed E-state index contributed by atoms with van der Waals surface area (Å²) in [6, 6.07) is 0. The van der Waals surface area contributed by atoms with Crippen LogP contribution in [0.1, 0.15) is 6.92 Å². The van der Waals surface area contributed by atoms with E-state index < -0.39 is 6.10 Å². The average Bonchev–Trinajstić information content (AvgIpc) is 1.66. The Labute approximate surface area is 48.8 Å². The van der Waals surface area contributed by atoms with Crippen molar-refractivity contribution in [3.05, 3.63) is 12.8 Å². The van der Waals surface area contributed by atoms with Crippen LogP contribution in [-0.4, -0.2) is 17.8 Å². The molecule has 0 aromatic carbocycles. The Balaban J connectivity index is 3.15. The van der Waals surface area contributed by atoms with Gasteiger partial charge in [0.2, 0.25) is 0 Å². The molecule has 0 aliphatic carbocycles. The molecule has 46 valence electrons. The van der Waals surface area contributed by atoms with Gasteiger partial charge in [0, 0.05) is 6.20 Å². The first-order chi connectivity index (χ1) is 3.77. The van der Waals surface area contributed by atoms with E-state index in [9.17, 15) is 0 Å². The summed E-state index contributed by atoms with van der Waals surface area (Å²) in [5.74, 6) is 0. The number of aliphatic hydroxyl groups excluding tert-OH is 1. The predicted octanol–water partition coefficient (Wildman–Crippen LogP) is 0.963. The van der Waals surface area contributed by atoms with Crippen LogP contribution in [0.2, 0.25) is 0 Å². The van der Waals surface area contributed by atoms with Crippen LogP contribution < -0.4 is 0 Å². The zero-order valence-corrected chi connectivity index (χ0v) is 4.91. The lowest BCUT2D eigenvalue weighted by Gasteiger charge is -1.92. The van der Waals surface area contributed by atoms with Crippen molar-refractivity contribution >= 4 is 0 Å². The van der Waals surface area contributed by atoms with Crippen LogP contribution in [0.4, 0.5) is 0 Å². The molecule has 0 aliphatic heterocycles. The first-order valence-electron chi connectivity index (χ1n) is 2.43. The molecule has 1 unspecified atom stereocenters. The van der Waals surface area contributed by atoms with Crippen LogP contribution in [0.3, 0.4) is 0 Å². The van der Waals surface area contributed by atoms with Gasteiger partial charge in [-0.2, -0.15) is 10.2 Å². The Bertz CT molecular complexity index is 88.4. The summed E-state index contributed by atoms with van der Waals surface area (Å²) in [6.45, 7) is 5.32. The molecule has 0 aromatic rings. The van der Waals surface area contributed by atoms with Crippen LogP contribution in [0.15, 0.2) is 23.0 Å². The van der Waals surface area contributed by atoms with Gasteiger partial charge in [-0.15, -0.1) is 0 Å². The van der Waals surface area contributed by atoms with E-state index in [1.807, 2.05) is 0 Å². The Kier molecular flexibility index (Phi) is 4.07. The molecule has 0 spiro atoms. The van der Waals surface area contributed by atoms with Crippen molar-refractivity contribution in [2.24, 2.45) is 10.2 Å². The molecule has 0 saturated carbocycles. The zero-order valence-electron chi connectivity index (χ0n) is 4.91. The number of azo groups is 1. The summed E-state index contributed by atoms with van der Waals surface area (Å²) in [7, 11) is 0. The first kappa shape index (κ1) is 7.30. The van der Waals surface area contributed by atoms with Crippen molar-refractivity contribution < 1.29 is 5.11 Å². The molecule has 0 aliphatic rings. The summed E-state index contributed by atoms with van der Waals surface area (Å²) in [6.07, 6.45) is 0.932. The number of aliphatic hydroxyl groups is 1. The van der Waals surface area contributed by atoms with E-state index in [1.165, 1.54) is 6.20 Å². The normalized spacial score (nSPS) is 14.2. The third-order valence-corrected chi connectivity index (χ3v) is 0.509. The maximum atomic E-state index is 8.59. The van der Waals surface area contributed by atoms with Crippen molar-refractivity contribution in [3.63, 3.8) is 0 Å². The maximum Gasteiger partial charge on any atom is 0.0859 e. The van der Waals surface area contributed by atoms with Gasteiger partial charge in [-0.3, -0.25) is 0 Å². The fourth-order valence-corrected chi connectivity index (χ4v) is 0.223. The van der Waals surface area contributed by atoms with Gasteiger partial charge >= 0.3 is 0 Å². The highest BCUT2D eigenvalue weighted by Crippen LogP contribution is 1.81. The van der Waals surface area contributed by atoms with Gasteiger partial charge in [-0.25, -0.2) is 0 Å². The molecular formula is C5H10N2O. The smallest absolute Gasteiger partial charge is 0.0859 e. The molecule has 0 rings (SSSR count). The third-order valence-electron chi connectivity index (χ3n) is 0.509. The van der Waals surface area contributed by atoms with Crippen LogP contribution in [0.25, 0.3) is 0 Å². The lowest BCUT2D eigenvalue weighted by atomic mass is 10.4. The largest absolute Gasteiger partial charge is 0.391 e. The van der Waals surface area contributed by atoms with Crippen molar-refractivity contribution in [2.75, 3.05) is 6.54 Å². The van der Waals surface area contributed by atoms with Gasteiger partial charge in [0.05, 0.1) is 12.6 Å². The second kappa shape index (κ2) is 4.46. The number of rotatable bonds is 3. The molecule has 0 aromatic heterocycles. The minimum Gasteiger partial charge on any atom is -0.391 e. The fraction of sp³-hybridized carbons (Fsp3) is 0.600. The maximum absolute atomic E-state index is 8.59. The van der Waals surface area contributed by atoms with E-state index in [0.717, 1.165) is 0 Å². The molecule has 8 heavy (non-hydrogen) atoms. The molecule has 0 heterocycles. The highest BCUT2D eigenvalue weighted by molar-refractivity contribution is 4.58. The highest BCUT2D eigenvalue weighted by Gasteiger charge is 1.87. The van der Waals surface area contributed by atoms with Gasteiger partial charge in [-0.1, -0.05) is 6.58 Å². The van der Waals surface area contributed by atoms with Crippen molar-refractivity contribution in [1.82, 2.24) is 0 Å². The lowest BCUT2D eigenvalue weighted by Crippen LogP contribution is -2.02. The van der Waals surface area contributed by atoms with Gasteiger partial charge in [0.1, 0.15) is 0 Å². The van der Waals surface area contributed by atoms with E-state index in [4.69, 9.17) is 5.11 Å². The Morgan fingerprint density at radius 3 is 2.88 bits per heavy atom. The summed E-state index contributed by atoms with van der Waals surface area (Å²) < 4.78 is 0. The summed E-state index contributed by atoms with van der Waals surface area (Å²) >= 11 is 0. The summed E-state index contributed by atoms with van der Waals surface area (Å²) in [4.78, 5) is 0. The fourth-order valence-electron chi connectivity index (χ4n) is 0.223. The summed E-state index contributed by atoms with van der Waals surface area (Å²) in [5, 5.41) is 15.6. The third kappa shape index (κ3) is 5.30. The molecule has 1 N–H and O–H groups in total. The Morgan fingerprint density at radius 2 is 2.50 bits per heavy atom. The van der Waals surface area contributed by atoms with Crippen LogP contribution >= 0.6 is 0 Å². The standard InChI is InChI=1S/C5H10N2O/c1-3-6-7-4-5(2)8/h3,5,8H,1,4H2,2H3/b7-6-. The first-order valence-corrected chi connectivity index (χ1v) is 2.43. The molecule has 0 fully saturated rings. The molecule has 0 radical (unpaired) electrons. The van der Waals surface area contributed by atoms with E-state index in [-0.39, 0.29) is 0 Å². The second-order valence-corrected chi connectivity index (χ2v) is 1.47. The monoisotopic (exact) mass is 114 g/mol. The van der Waals surface area contributed by atoms with Crippen molar-refractivity contribution in [3.8, 4) is 0 Å². The molecule has 3 heteroatoms. The summed E-state index contributed by atoms with van der Waals surface area (Å²) in [5.41, 5.74) is 0. The topological polar surface area (TPSA) is 45.0 Å². The SMILES string of the molecule is C=C/N=N\CC(C)O. The molecule has 0 saturated heterocycles. The van der Waals surface area contributed by atoms with E-state index in [0.29, 0.717) is 6.54 Å². The van der Waals surface area contributed by atoms with Crippen LogP contribution in [-0.2, 0) is 0 Å². The van der Waals surface area contributed by atoms with Gasteiger partial charge in [0.25, 0.3) is 0 Å². The van der Waals surface area contributed by atoms with Gasteiger partial charge < -0.3 is 5.11 Å². The van der Waals surface area contributed by atoms with Crippen molar-refractivity contribution in [1.29, 1.82) is 0 Å². The predicted molar refractivity (Wildman–Crippen MR) is 31.6 cm³/mol. The minimum atomic E-state index is -0.404. The molecule has 1 atom stereocenters. The second-order valence-electron chi connectivity index (χ2n) is 1.47. The number of hydrogen-bond acceptors (Lipinski definition) is 3. The highest BCUT2D eigenvalue weighted by atomic mass is 16.3. The van der Waals surface area contributed by atoms with E-state index in [1.54, 1.807) is 6.92 Å². The van der Waals surface area contributed by atoms with Gasteiger partial charge in [0.15, 0.2) is 0 Å². The van der Waals surface area contributed by atoms with Crippen molar-refractivity contribution in [2.45, 2.75) is 13.0 Å². The molecule has 3 nitrogen and oxygen atoms in total. The molecule has 0 amide bonds. The minimum absolute atomic E-state index is 0.353. The zero-order chi connectivity index (χ0) is 6.41. The van der Waals surface area contributed by atoms with Gasteiger partial charge in [-0.05, 0) is 6.92 Å². The van der Waals surface area contributed by atoms with E-state index in [2.05, 4.69) is 16.8 Å². The quantitative estimate of drug-likeness (QED) is 0.546. The van der Waals surface area contributed by atoms with Crippen LogP contribution in [0, 0.1) is 0 Å². The Morgan fingerprint density at radius 1 is 1.88 bits per heavy atom.